The number of aliphatic hydroxyl groups excluding tert-OH is 1. The topological polar surface area (TPSA) is 96.9 Å². The van der Waals surface area contributed by atoms with Gasteiger partial charge in [-0.1, -0.05) is 12.1 Å². The number of aliphatic hydroxyl groups is 1. The summed E-state index contributed by atoms with van der Waals surface area (Å²) in [5.41, 5.74) is 0.0830. The van der Waals surface area contributed by atoms with Crippen molar-refractivity contribution in [3.8, 4) is 11.5 Å². The third-order valence-electron chi connectivity index (χ3n) is 4.31. The first-order valence-electron chi connectivity index (χ1n) is 10.4. The van der Waals surface area contributed by atoms with E-state index in [2.05, 4.69) is 15.4 Å². The van der Waals surface area contributed by atoms with Gasteiger partial charge in [-0.05, 0) is 54.5 Å². The van der Waals surface area contributed by atoms with Gasteiger partial charge in [-0.3, -0.25) is 9.59 Å². The molecule has 36 heavy (non-hydrogen) atoms. The monoisotopic (exact) mass is 520 g/mol. The first-order valence-corrected chi connectivity index (χ1v) is 10.4. The van der Waals surface area contributed by atoms with Crippen LogP contribution in [0.25, 0.3) is 6.08 Å². The highest BCUT2D eigenvalue weighted by atomic mass is 19.4. The summed E-state index contributed by atoms with van der Waals surface area (Å²) in [5.74, 6) is -1.83. The summed E-state index contributed by atoms with van der Waals surface area (Å²) >= 11 is 0. The zero-order valence-corrected chi connectivity index (χ0v) is 18.6. The Morgan fingerprint density at radius 3 is 2.08 bits per heavy atom. The van der Waals surface area contributed by atoms with Crippen LogP contribution in [0.2, 0.25) is 0 Å². The molecule has 0 heterocycles. The lowest BCUT2D eigenvalue weighted by molar-refractivity contribution is -0.274. The number of carbonyl (C=O) groups is 2. The van der Waals surface area contributed by atoms with Crippen molar-refractivity contribution >= 4 is 17.9 Å². The van der Waals surface area contributed by atoms with Crippen LogP contribution in [-0.4, -0.2) is 49.2 Å². The molecule has 2 rings (SSSR count). The second-order valence-corrected chi connectivity index (χ2v) is 7.20. The summed E-state index contributed by atoms with van der Waals surface area (Å²) < 4.78 is 82.4. The normalized spacial score (nSPS) is 12.1. The highest BCUT2D eigenvalue weighted by molar-refractivity contribution is 6.05. The fraction of sp³-hybridized carbons (Fsp3) is 0.304. The van der Waals surface area contributed by atoms with Gasteiger partial charge in [0.25, 0.3) is 11.8 Å². The summed E-state index contributed by atoms with van der Waals surface area (Å²) in [5, 5.41) is 13.7. The molecule has 7 nitrogen and oxygen atoms in total. The van der Waals surface area contributed by atoms with E-state index in [0.717, 1.165) is 12.1 Å². The molecular weight excluding hydrogens is 498 g/mol. The smallest absolute Gasteiger partial charge is 0.493 e. The molecule has 0 aliphatic heterocycles. The maximum atomic E-state index is 12.6. The van der Waals surface area contributed by atoms with E-state index < -0.39 is 43.1 Å². The first kappa shape index (κ1) is 28.5. The van der Waals surface area contributed by atoms with Crippen molar-refractivity contribution in [3.05, 3.63) is 65.4 Å². The molecular formula is C23H22F6N2O5. The van der Waals surface area contributed by atoms with Gasteiger partial charge < -0.3 is 25.2 Å². The number of nitrogens with one attached hydrogen (secondary N) is 2. The SMILES string of the molecule is O=C(NCCCO)/C(=C/c1ccc(OC(F)(F)F)cc1)NC(=O)c1ccc(OCCC(F)(F)F)cc1. The Bertz CT molecular complexity index is 1030. The van der Waals surface area contributed by atoms with Crippen molar-refractivity contribution in [2.45, 2.75) is 25.4 Å². The van der Waals surface area contributed by atoms with Crippen LogP contribution in [0.3, 0.4) is 0 Å². The third kappa shape index (κ3) is 10.7. The van der Waals surface area contributed by atoms with E-state index >= 15 is 0 Å². The molecule has 0 atom stereocenters. The zero-order chi connectivity index (χ0) is 26.8. The molecule has 0 aromatic heterocycles. The summed E-state index contributed by atoms with van der Waals surface area (Å²) in [6.45, 7) is -0.697. The second kappa shape index (κ2) is 12.8. The van der Waals surface area contributed by atoms with Crippen LogP contribution in [0.5, 0.6) is 11.5 Å². The Labute approximate surface area is 201 Å². The van der Waals surface area contributed by atoms with Crippen molar-refractivity contribution in [3.63, 3.8) is 0 Å². The Morgan fingerprint density at radius 2 is 1.53 bits per heavy atom. The van der Waals surface area contributed by atoms with Crippen molar-refractivity contribution in [2.24, 2.45) is 0 Å². The molecule has 0 saturated carbocycles. The number of hydrogen-bond acceptors (Lipinski definition) is 5. The minimum atomic E-state index is -4.87. The number of benzene rings is 2. The van der Waals surface area contributed by atoms with E-state index in [1.54, 1.807) is 0 Å². The van der Waals surface area contributed by atoms with Crippen LogP contribution in [-0.2, 0) is 4.79 Å². The maximum Gasteiger partial charge on any atom is 0.573 e. The van der Waals surface area contributed by atoms with Gasteiger partial charge in [-0.25, -0.2) is 0 Å². The van der Waals surface area contributed by atoms with Gasteiger partial charge in [-0.15, -0.1) is 13.2 Å². The number of amides is 2. The van der Waals surface area contributed by atoms with Crippen molar-refractivity contribution < 1.29 is 50.5 Å². The van der Waals surface area contributed by atoms with Crippen LogP contribution >= 0.6 is 0 Å². The predicted octanol–water partition coefficient (Wildman–Crippen LogP) is 4.19. The number of ether oxygens (including phenoxy) is 2. The van der Waals surface area contributed by atoms with E-state index in [-0.39, 0.29) is 42.1 Å². The lowest BCUT2D eigenvalue weighted by atomic mass is 10.1. The van der Waals surface area contributed by atoms with Crippen molar-refractivity contribution in [2.75, 3.05) is 19.8 Å². The number of halogens is 6. The molecule has 0 bridgehead atoms. The quantitative estimate of drug-likeness (QED) is 0.235. The second-order valence-electron chi connectivity index (χ2n) is 7.20. The van der Waals surface area contributed by atoms with E-state index in [1.165, 1.54) is 42.5 Å². The van der Waals surface area contributed by atoms with Crippen LogP contribution < -0.4 is 20.1 Å². The Hall–Kier alpha value is -3.74. The molecule has 0 saturated heterocycles. The van der Waals surface area contributed by atoms with Gasteiger partial charge in [-0.2, -0.15) is 13.2 Å². The Balaban J connectivity index is 2.14. The summed E-state index contributed by atoms with van der Waals surface area (Å²) in [7, 11) is 0. The zero-order valence-electron chi connectivity index (χ0n) is 18.6. The maximum absolute atomic E-state index is 12.6. The summed E-state index contributed by atoms with van der Waals surface area (Å²) in [4.78, 5) is 25.2. The van der Waals surface area contributed by atoms with E-state index in [4.69, 9.17) is 9.84 Å². The summed E-state index contributed by atoms with van der Waals surface area (Å²) in [6, 6.07) is 9.67. The molecule has 0 radical (unpaired) electrons. The molecule has 196 valence electrons. The highest BCUT2D eigenvalue weighted by Gasteiger charge is 2.31. The number of hydrogen-bond donors (Lipinski definition) is 3. The minimum absolute atomic E-state index is 0.0566. The number of alkyl halides is 6. The molecule has 3 N–H and O–H groups in total. The third-order valence-corrected chi connectivity index (χ3v) is 4.31. The molecule has 0 spiro atoms. The molecule has 0 unspecified atom stereocenters. The van der Waals surface area contributed by atoms with Gasteiger partial charge in [0, 0.05) is 18.7 Å². The van der Waals surface area contributed by atoms with Crippen molar-refractivity contribution in [1.29, 1.82) is 0 Å². The number of rotatable bonds is 11. The molecule has 0 fully saturated rings. The largest absolute Gasteiger partial charge is 0.573 e. The van der Waals surface area contributed by atoms with Gasteiger partial charge in [0.05, 0.1) is 13.0 Å². The van der Waals surface area contributed by atoms with Crippen LogP contribution in [0.4, 0.5) is 26.3 Å². The predicted molar refractivity (Wildman–Crippen MR) is 116 cm³/mol. The average molecular weight is 520 g/mol. The molecule has 0 aliphatic rings. The molecule has 2 aromatic carbocycles. The van der Waals surface area contributed by atoms with Crippen molar-refractivity contribution in [1.82, 2.24) is 10.6 Å². The molecule has 2 aromatic rings. The van der Waals surface area contributed by atoms with E-state index in [9.17, 15) is 35.9 Å². The van der Waals surface area contributed by atoms with E-state index in [0.29, 0.717) is 0 Å². The Kier molecular flexibility index (Phi) is 10.1. The standard InChI is InChI=1S/C23H22F6N2O5/c24-22(25,26)10-13-35-17-8-4-16(5-9-17)20(33)31-19(21(34)30-11-1-12-32)14-15-2-6-18(7-3-15)36-23(27,28)29/h2-9,14,32H,1,10-13H2,(H,30,34)(H,31,33)/b19-14-. The lowest BCUT2D eigenvalue weighted by Gasteiger charge is -2.12. The van der Waals surface area contributed by atoms with Gasteiger partial charge in [0.2, 0.25) is 0 Å². The highest BCUT2D eigenvalue weighted by Crippen LogP contribution is 2.23. The summed E-state index contributed by atoms with van der Waals surface area (Å²) in [6.07, 6.45) is -8.92. The van der Waals surface area contributed by atoms with Gasteiger partial charge in [0.1, 0.15) is 17.2 Å². The molecule has 0 aliphatic carbocycles. The van der Waals surface area contributed by atoms with Crippen LogP contribution in [0.15, 0.2) is 54.2 Å². The lowest BCUT2D eigenvalue weighted by Crippen LogP contribution is -2.35. The minimum Gasteiger partial charge on any atom is -0.493 e. The van der Waals surface area contributed by atoms with Gasteiger partial charge >= 0.3 is 12.5 Å². The number of carbonyl (C=O) groups excluding carboxylic acids is 2. The van der Waals surface area contributed by atoms with Gasteiger partial charge in [0.15, 0.2) is 0 Å². The fourth-order valence-electron chi connectivity index (χ4n) is 2.65. The first-order chi connectivity index (χ1) is 16.9. The Morgan fingerprint density at radius 1 is 0.917 bits per heavy atom. The van der Waals surface area contributed by atoms with Crippen LogP contribution in [0, 0.1) is 0 Å². The fourth-order valence-corrected chi connectivity index (χ4v) is 2.65. The average Bonchev–Trinajstić information content (AvgIpc) is 2.78. The molecule has 13 heteroatoms. The van der Waals surface area contributed by atoms with Crippen LogP contribution in [0.1, 0.15) is 28.8 Å². The molecule has 2 amide bonds. The van der Waals surface area contributed by atoms with E-state index in [1.807, 2.05) is 0 Å².